The topological polar surface area (TPSA) is 80.9 Å². The maximum absolute atomic E-state index is 12.4. The zero-order chi connectivity index (χ0) is 18.8. The summed E-state index contributed by atoms with van der Waals surface area (Å²) >= 11 is 3.08. The Labute approximate surface area is 166 Å². The largest absolute Gasteiger partial charge is 0.383 e. The molecule has 0 radical (unpaired) electrons. The van der Waals surface area contributed by atoms with Gasteiger partial charge in [-0.3, -0.25) is 4.79 Å². The number of hydrogen-bond acceptors (Lipinski definition) is 6. The second kappa shape index (κ2) is 7.86. The molecule has 27 heavy (non-hydrogen) atoms. The molecule has 140 valence electrons. The number of amides is 1. The van der Waals surface area contributed by atoms with Crippen molar-refractivity contribution in [1.82, 2.24) is 15.3 Å². The van der Waals surface area contributed by atoms with Crippen LogP contribution in [0.15, 0.2) is 35.5 Å². The highest BCUT2D eigenvalue weighted by Gasteiger charge is 2.22. The Hall–Kier alpha value is -2.12. The summed E-state index contributed by atoms with van der Waals surface area (Å²) in [7, 11) is 0. The highest BCUT2D eigenvalue weighted by atomic mass is 32.2. The van der Waals surface area contributed by atoms with E-state index in [2.05, 4.69) is 10.3 Å². The highest BCUT2D eigenvalue weighted by molar-refractivity contribution is 8.00. The van der Waals surface area contributed by atoms with Gasteiger partial charge in [0.2, 0.25) is 5.91 Å². The fourth-order valence-corrected chi connectivity index (χ4v) is 5.49. The van der Waals surface area contributed by atoms with Crippen LogP contribution in [0.4, 0.5) is 5.82 Å². The zero-order valence-corrected chi connectivity index (χ0v) is 16.8. The number of aromatic nitrogens is 2. The first-order valence-electron chi connectivity index (χ1n) is 9.18. The van der Waals surface area contributed by atoms with Crippen LogP contribution in [0.5, 0.6) is 0 Å². The van der Waals surface area contributed by atoms with Crippen LogP contribution in [0.3, 0.4) is 0 Å². The molecular formula is C20H22N4OS2. The second-order valence-electron chi connectivity index (χ2n) is 6.75. The van der Waals surface area contributed by atoms with Gasteiger partial charge in [0.05, 0.1) is 10.6 Å². The van der Waals surface area contributed by atoms with Gasteiger partial charge in [-0.15, -0.1) is 11.3 Å². The summed E-state index contributed by atoms with van der Waals surface area (Å²) in [4.78, 5) is 23.9. The number of anilines is 1. The van der Waals surface area contributed by atoms with E-state index in [4.69, 9.17) is 10.7 Å². The molecule has 0 aliphatic heterocycles. The third-order valence-corrected chi connectivity index (χ3v) is 6.93. The molecule has 7 heteroatoms. The van der Waals surface area contributed by atoms with Crippen LogP contribution in [-0.2, 0) is 24.2 Å². The minimum absolute atomic E-state index is 0.0309. The number of carbonyl (C=O) groups is 1. The van der Waals surface area contributed by atoms with Crippen LogP contribution in [0.1, 0.15) is 35.8 Å². The van der Waals surface area contributed by atoms with Crippen molar-refractivity contribution in [3.63, 3.8) is 0 Å². The quantitative estimate of drug-likeness (QED) is 0.502. The molecule has 1 amide bonds. The zero-order valence-electron chi connectivity index (χ0n) is 15.2. The van der Waals surface area contributed by atoms with Crippen LogP contribution in [-0.4, -0.2) is 21.1 Å². The maximum Gasteiger partial charge on any atom is 0.233 e. The molecule has 5 nitrogen and oxygen atoms in total. The Morgan fingerprint density at radius 3 is 2.85 bits per heavy atom. The smallest absolute Gasteiger partial charge is 0.233 e. The summed E-state index contributed by atoms with van der Waals surface area (Å²) in [6, 6.07) is 9.88. The minimum Gasteiger partial charge on any atom is -0.383 e. The van der Waals surface area contributed by atoms with Crippen molar-refractivity contribution in [1.29, 1.82) is 0 Å². The molecule has 0 saturated heterocycles. The van der Waals surface area contributed by atoms with Gasteiger partial charge in [0.1, 0.15) is 10.6 Å². The number of thioether (sulfide) groups is 1. The van der Waals surface area contributed by atoms with Crippen molar-refractivity contribution >= 4 is 45.0 Å². The number of nitrogens with two attached hydrogens (primary N) is 1. The molecule has 1 aromatic carbocycles. The summed E-state index contributed by atoms with van der Waals surface area (Å²) in [6.45, 7) is 2.39. The van der Waals surface area contributed by atoms with E-state index >= 15 is 0 Å². The lowest BCUT2D eigenvalue weighted by Crippen LogP contribution is -2.30. The molecule has 3 aromatic rings. The molecule has 1 atom stereocenters. The molecule has 2 aromatic heterocycles. The monoisotopic (exact) mass is 398 g/mol. The number of nitrogens with one attached hydrogen (secondary N) is 1. The summed E-state index contributed by atoms with van der Waals surface area (Å²) in [5.41, 5.74) is 8.67. The standard InChI is InChI=1S/C20H22N4OS2/c1-12(18(25)22-11-13-7-3-2-4-8-13)26-20-23-17(21)16-14-9-5-6-10-15(14)27-19(16)24-20/h2-4,7-8,12H,5-6,9-11H2,1H3,(H,22,25)(H2,21,23,24). The summed E-state index contributed by atoms with van der Waals surface area (Å²) in [5.74, 6) is 0.510. The Morgan fingerprint density at radius 2 is 2.04 bits per heavy atom. The van der Waals surface area contributed by atoms with E-state index in [0.717, 1.165) is 28.6 Å². The highest BCUT2D eigenvalue weighted by Crippen LogP contribution is 2.38. The van der Waals surface area contributed by atoms with Gasteiger partial charge in [-0.1, -0.05) is 42.1 Å². The number of nitrogen functional groups attached to an aromatic ring is 1. The molecule has 0 saturated carbocycles. The van der Waals surface area contributed by atoms with Crippen molar-refractivity contribution in [2.45, 2.75) is 49.6 Å². The Balaban J connectivity index is 1.47. The van der Waals surface area contributed by atoms with Crippen molar-refractivity contribution < 1.29 is 4.79 Å². The normalized spacial score (nSPS) is 14.7. The number of benzene rings is 1. The number of aryl methyl sites for hydroxylation is 2. The van der Waals surface area contributed by atoms with E-state index in [9.17, 15) is 4.79 Å². The van der Waals surface area contributed by atoms with E-state index in [0.29, 0.717) is 17.5 Å². The number of rotatable bonds is 5. The molecule has 3 N–H and O–H groups in total. The van der Waals surface area contributed by atoms with Crippen molar-refractivity contribution in [2.24, 2.45) is 0 Å². The minimum atomic E-state index is -0.292. The SMILES string of the molecule is CC(Sc1nc(N)c2c3c(sc2n1)CCCC3)C(=O)NCc1ccccc1. The second-order valence-corrected chi connectivity index (χ2v) is 9.14. The first-order valence-corrected chi connectivity index (χ1v) is 10.9. The van der Waals surface area contributed by atoms with Gasteiger partial charge >= 0.3 is 0 Å². The van der Waals surface area contributed by atoms with E-state index in [-0.39, 0.29) is 11.2 Å². The lowest BCUT2D eigenvalue weighted by atomic mass is 9.97. The van der Waals surface area contributed by atoms with Gasteiger partial charge in [-0.25, -0.2) is 9.97 Å². The van der Waals surface area contributed by atoms with Gasteiger partial charge < -0.3 is 11.1 Å². The van der Waals surface area contributed by atoms with Gasteiger partial charge in [-0.05, 0) is 43.7 Å². The van der Waals surface area contributed by atoms with E-state index in [1.807, 2.05) is 37.3 Å². The van der Waals surface area contributed by atoms with Gasteiger partial charge in [0, 0.05) is 11.4 Å². The number of thiophene rings is 1. The number of nitrogens with zero attached hydrogens (tertiary/aromatic N) is 2. The van der Waals surface area contributed by atoms with Crippen LogP contribution in [0, 0.1) is 0 Å². The summed E-state index contributed by atoms with van der Waals surface area (Å²) in [6.07, 6.45) is 4.60. The average Bonchev–Trinajstić information content (AvgIpc) is 3.05. The molecular weight excluding hydrogens is 376 g/mol. The first-order chi connectivity index (χ1) is 13.1. The molecule has 2 heterocycles. The Kier molecular flexibility index (Phi) is 5.31. The average molecular weight is 399 g/mol. The van der Waals surface area contributed by atoms with Crippen molar-refractivity contribution in [3.05, 3.63) is 46.3 Å². The van der Waals surface area contributed by atoms with Crippen molar-refractivity contribution in [2.75, 3.05) is 5.73 Å². The maximum atomic E-state index is 12.4. The fraction of sp³-hybridized carbons (Fsp3) is 0.350. The third kappa shape index (κ3) is 3.94. The number of hydrogen-bond donors (Lipinski definition) is 2. The molecule has 0 spiro atoms. The first kappa shape index (κ1) is 18.3. The molecule has 0 fully saturated rings. The third-order valence-electron chi connectivity index (χ3n) is 4.78. The molecule has 0 bridgehead atoms. The van der Waals surface area contributed by atoms with E-state index < -0.39 is 0 Å². The van der Waals surface area contributed by atoms with Crippen LogP contribution >= 0.6 is 23.1 Å². The predicted octanol–water partition coefficient (Wildman–Crippen LogP) is 3.95. The van der Waals surface area contributed by atoms with Crippen LogP contribution < -0.4 is 11.1 Å². The van der Waals surface area contributed by atoms with Gasteiger partial charge in [0.15, 0.2) is 5.16 Å². The van der Waals surface area contributed by atoms with Crippen molar-refractivity contribution in [3.8, 4) is 0 Å². The van der Waals surface area contributed by atoms with Gasteiger partial charge in [0.25, 0.3) is 0 Å². The summed E-state index contributed by atoms with van der Waals surface area (Å²) in [5, 5.41) is 4.27. The predicted molar refractivity (Wildman–Crippen MR) is 112 cm³/mol. The number of carbonyl (C=O) groups excluding carboxylic acids is 1. The lowest BCUT2D eigenvalue weighted by Gasteiger charge is -2.12. The van der Waals surface area contributed by atoms with E-state index in [1.54, 1.807) is 11.3 Å². The van der Waals surface area contributed by atoms with E-state index in [1.165, 1.54) is 35.0 Å². The van der Waals surface area contributed by atoms with Crippen LogP contribution in [0.25, 0.3) is 10.2 Å². The molecule has 1 unspecified atom stereocenters. The molecule has 1 aliphatic rings. The van der Waals surface area contributed by atoms with Gasteiger partial charge in [-0.2, -0.15) is 0 Å². The van der Waals surface area contributed by atoms with Crippen LogP contribution in [0.2, 0.25) is 0 Å². The fourth-order valence-electron chi connectivity index (χ4n) is 3.36. The lowest BCUT2D eigenvalue weighted by molar-refractivity contribution is -0.120. The number of fused-ring (bicyclic) bond motifs is 3. The Morgan fingerprint density at radius 1 is 1.26 bits per heavy atom. The molecule has 4 rings (SSSR count). The molecule has 1 aliphatic carbocycles. The summed E-state index contributed by atoms with van der Waals surface area (Å²) < 4.78 is 0. The Bertz CT molecular complexity index is 971.